The van der Waals surface area contributed by atoms with E-state index in [1.165, 1.54) is 12.0 Å². The lowest BCUT2D eigenvalue weighted by molar-refractivity contribution is -0.141. The predicted octanol–water partition coefficient (Wildman–Crippen LogP) is 5.55. The third-order valence-corrected chi connectivity index (χ3v) is 6.24. The van der Waals surface area contributed by atoms with Crippen molar-refractivity contribution in [2.45, 2.75) is 26.6 Å². The number of benzene rings is 3. The van der Waals surface area contributed by atoms with Crippen LogP contribution in [-0.4, -0.2) is 47.5 Å². The summed E-state index contributed by atoms with van der Waals surface area (Å²) in [5, 5.41) is 0.346. The smallest absolute Gasteiger partial charge is 0.336 e. The molecule has 39 heavy (non-hydrogen) atoms. The number of amides is 3. The van der Waals surface area contributed by atoms with Crippen LogP contribution < -0.4 is 10.2 Å². The first-order chi connectivity index (χ1) is 18.8. The number of aryl methyl sites for hydroxylation is 1. The van der Waals surface area contributed by atoms with Crippen molar-refractivity contribution in [2.24, 2.45) is 0 Å². The van der Waals surface area contributed by atoms with Gasteiger partial charge in [-0.15, -0.1) is 0 Å². The van der Waals surface area contributed by atoms with Crippen LogP contribution in [0.1, 0.15) is 28.4 Å². The Morgan fingerprint density at radius 2 is 1.77 bits per heavy atom. The molecule has 0 saturated carbocycles. The zero-order chi connectivity index (χ0) is 27.9. The molecule has 3 amide bonds. The van der Waals surface area contributed by atoms with E-state index in [0.29, 0.717) is 22.0 Å². The molecule has 1 heterocycles. The molecule has 9 nitrogen and oxygen atoms in total. The molecule has 4 rings (SSSR count). The van der Waals surface area contributed by atoms with E-state index >= 15 is 0 Å². The van der Waals surface area contributed by atoms with Crippen LogP contribution in [0.15, 0.2) is 84.8 Å². The Bertz CT molecular complexity index is 1380. The maximum absolute atomic E-state index is 13.6. The number of rotatable bonds is 11. The van der Waals surface area contributed by atoms with Gasteiger partial charge in [-0.25, -0.2) is 10.3 Å². The first-order valence-corrected chi connectivity index (χ1v) is 12.6. The summed E-state index contributed by atoms with van der Waals surface area (Å²) in [6, 6.07) is 20.1. The molecule has 202 valence electrons. The third-order valence-electron chi connectivity index (χ3n) is 5.91. The highest BCUT2D eigenvalue weighted by atomic mass is 35.5. The van der Waals surface area contributed by atoms with Crippen molar-refractivity contribution in [1.29, 1.82) is 0 Å². The van der Waals surface area contributed by atoms with Gasteiger partial charge < -0.3 is 14.3 Å². The van der Waals surface area contributed by atoms with Gasteiger partial charge in [-0.1, -0.05) is 48.0 Å². The van der Waals surface area contributed by atoms with E-state index in [2.05, 4.69) is 5.48 Å². The summed E-state index contributed by atoms with van der Waals surface area (Å²) in [7, 11) is 1.52. The summed E-state index contributed by atoms with van der Waals surface area (Å²) in [4.78, 5) is 48.2. The Balaban J connectivity index is 1.70. The number of anilines is 1. The number of carbonyl (C=O) groups excluding carboxylic acids is 3. The highest BCUT2D eigenvalue weighted by Crippen LogP contribution is 2.28. The molecule has 10 heteroatoms. The average Bonchev–Trinajstić information content (AvgIpc) is 3.17. The third kappa shape index (κ3) is 6.39. The predicted molar refractivity (Wildman–Crippen MR) is 146 cm³/mol. The average molecular weight is 550 g/mol. The maximum atomic E-state index is 13.6. The van der Waals surface area contributed by atoms with Gasteiger partial charge >= 0.3 is 6.03 Å². The van der Waals surface area contributed by atoms with Gasteiger partial charge in [-0.3, -0.25) is 14.5 Å². The minimum absolute atomic E-state index is 0.115. The van der Waals surface area contributed by atoms with Gasteiger partial charge in [0.1, 0.15) is 5.75 Å². The number of nitrogens with zero attached hydrogens (tertiary/aromatic N) is 2. The molecular formula is C29H28ClN3O6. The minimum Gasteiger partial charge on any atom is -0.497 e. The number of nitrogens with one attached hydrogen (secondary N) is 1. The van der Waals surface area contributed by atoms with Crippen LogP contribution in [0.3, 0.4) is 0 Å². The van der Waals surface area contributed by atoms with Gasteiger partial charge in [-0.05, 0) is 61.4 Å². The summed E-state index contributed by atoms with van der Waals surface area (Å²) >= 11 is 6.29. The minimum atomic E-state index is -1.20. The fraction of sp³-hybridized carbons (Fsp3) is 0.207. The quantitative estimate of drug-likeness (QED) is 0.110. The topological polar surface area (TPSA) is 97.4 Å². The van der Waals surface area contributed by atoms with Crippen LogP contribution in [0.2, 0.25) is 5.02 Å². The SMILES string of the molecule is CCOC1C(=O)N(/C(=C/C(=O)c2ccc(OC)cc2)ONc2cc(C)ccc2Cl)C(=O)N1Cc1ccccc1. The molecule has 0 spiro atoms. The van der Waals surface area contributed by atoms with Crippen LogP contribution in [-0.2, 0) is 20.9 Å². The van der Waals surface area contributed by atoms with Crippen LogP contribution in [0.5, 0.6) is 5.75 Å². The van der Waals surface area contributed by atoms with Crippen LogP contribution in [0, 0.1) is 6.92 Å². The molecule has 0 aliphatic carbocycles. The van der Waals surface area contributed by atoms with Crippen molar-refractivity contribution in [1.82, 2.24) is 9.80 Å². The summed E-state index contributed by atoms with van der Waals surface area (Å²) in [5.74, 6) is -0.948. The van der Waals surface area contributed by atoms with Crippen molar-refractivity contribution in [2.75, 3.05) is 19.2 Å². The molecular weight excluding hydrogens is 522 g/mol. The van der Waals surface area contributed by atoms with Crippen LogP contribution >= 0.6 is 11.6 Å². The largest absolute Gasteiger partial charge is 0.497 e. The monoisotopic (exact) mass is 549 g/mol. The lowest BCUT2D eigenvalue weighted by atomic mass is 10.1. The standard InChI is InChI=1S/C29H28ClN3O6/c1-4-38-28-27(35)33(29(36)32(28)18-20-8-6-5-7-9-20)26(39-31-24-16-19(2)10-15-23(24)30)17-25(34)21-11-13-22(37-3)14-12-21/h5-17,28,31H,4,18H2,1-3H3/b26-17-. The van der Waals surface area contributed by atoms with Crippen molar-refractivity contribution in [3.8, 4) is 5.75 Å². The van der Waals surface area contributed by atoms with Crippen LogP contribution in [0.4, 0.5) is 10.5 Å². The zero-order valence-electron chi connectivity index (χ0n) is 21.7. The number of urea groups is 1. The van der Waals surface area contributed by atoms with Crippen molar-refractivity contribution in [3.05, 3.63) is 106 Å². The number of ether oxygens (including phenoxy) is 2. The number of carbonyl (C=O) groups is 3. The molecule has 1 N–H and O–H groups in total. The van der Waals surface area contributed by atoms with E-state index < -0.39 is 23.9 Å². The highest BCUT2D eigenvalue weighted by Gasteiger charge is 2.48. The van der Waals surface area contributed by atoms with Gasteiger partial charge in [0, 0.05) is 12.2 Å². The lowest BCUT2D eigenvalue weighted by Crippen LogP contribution is -2.36. The molecule has 1 saturated heterocycles. The second kappa shape index (κ2) is 12.5. The Kier molecular flexibility index (Phi) is 8.85. The van der Waals surface area contributed by atoms with E-state index in [0.717, 1.165) is 22.1 Å². The number of allylic oxidation sites excluding steroid dienone is 1. The normalized spacial score (nSPS) is 15.5. The molecule has 3 aromatic rings. The number of halogens is 1. The van der Waals surface area contributed by atoms with Gasteiger partial charge in [0.15, 0.2) is 5.78 Å². The summed E-state index contributed by atoms with van der Waals surface area (Å²) < 4.78 is 10.8. The Hall–Kier alpha value is -4.34. The van der Waals surface area contributed by atoms with Crippen molar-refractivity contribution >= 4 is 35.0 Å². The van der Waals surface area contributed by atoms with Gasteiger partial charge in [0.05, 0.1) is 30.4 Å². The van der Waals surface area contributed by atoms with Crippen molar-refractivity contribution in [3.63, 3.8) is 0 Å². The second-order valence-electron chi connectivity index (χ2n) is 8.64. The molecule has 0 bridgehead atoms. The van der Waals surface area contributed by atoms with E-state index in [1.807, 2.05) is 43.3 Å². The Labute approximate surface area is 231 Å². The van der Waals surface area contributed by atoms with Gasteiger partial charge in [0.2, 0.25) is 12.1 Å². The summed E-state index contributed by atoms with van der Waals surface area (Å²) in [5.41, 5.74) is 5.06. The Morgan fingerprint density at radius 1 is 1.05 bits per heavy atom. The number of ketones is 1. The second-order valence-corrected chi connectivity index (χ2v) is 9.05. The van der Waals surface area contributed by atoms with E-state index in [1.54, 1.807) is 43.3 Å². The summed E-state index contributed by atoms with van der Waals surface area (Å²) in [6.07, 6.45) is -0.128. The molecule has 1 aliphatic heterocycles. The van der Waals surface area contributed by atoms with Gasteiger partial charge in [0.25, 0.3) is 5.91 Å². The van der Waals surface area contributed by atoms with E-state index in [4.69, 9.17) is 25.9 Å². The molecule has 1 atom stereocenters. The molecule has 0 radical (unpaired) electrons. The fourth-order valence-electron chi connectivity index (χ4n) is 3.93. The first kappa shape index (κ1) is 27.7. The summed E-state index contributed by atoms with van der Waals surface area (Å²) in [6.45, 7) is 3.89. The lowest BCUT2D eigenvalue weighted by Gasteiger charge is -2.21. The molecule has 1 aliphatic rings. The number of hydrogen-bond acceptors (Lipinski definition) is 7. The molecule has 1 unspecified atom stereocenters. The molecule has 1 fully saturated rings. The number of imide groups is 1. The first-order valence-electron chi connectivity index (χ1n) is 12.2. The van der Waals surface area contributed by atoms with E-state index in [9.17, 15) is 14.4 Å². The molecule has 0 aromatic heterocycles. The number of hydrogen-bond donors (Lipinski definition) is 1. The molecule has 3 aromatic carbocycles. The zero-order valence-corrected chi connectivity index (χ0v) is 22.5. The van der Waals surface area contributed by atoms with E-state index in [-0.39, 0.29) is 19.0 Å². The van der Waals surface area contributed by atoms with Crippen molar-refractivity contribution < 1.29 is 28.7 Å². The Morgan fingerprint density at radius 3 is 2.44 bits per heavy atom. The van der Waals surface area contributed by atoms with Crippen LogP contribution in [0.25, 0.3) is 0 Å². The maximum Gasteiger partial charge on any atom is 0.336 e. The number of methoxy groups -OCH3 is 1. The highest BCUT2D eigenvalue weighted by molar-refractivity contribution is 6.33. The fourth-order valence-corrected chi connectivity index (χ4v) is 4.09. The van der Waals surface area contributed by atoms with Gasteiger partial charge in [-0.2, -0.15) is 4.90 Å².